The molecule has 0 radical (unpaired) electrons. The molecule has 0 bridgehead atoms. The minimum Gasteiger partial charge on any atom is -0.492 e. The van der Waals surface area contributed by atoms with Crippen molar-refractivity contribution in [2.45, 2.75) is 25.0 Å². The second kappa shape index (κ2) is 5.37. The topological polar surface area (TPSA) is 87.1 Å². The van der Waals surface area contributed by atoms with Crippen molar-refractivity contribution in [3.63, 3.8) is 0 Å². The third kappa shape index (κ3) is 2.58. The van der Waals surface area contributed by atoms with Gasteiger partial charge in [0.2, 0.25) is 5.91 Å². The minimum absolute atomic E-state index is 0.0773. The number of para-hydroxylation sites is 1. The lowest BCUT2D eigenvalue weighted by Gasteiger charge is -2.29. The molecular weight excluding hydrogens is 274 g/mol. The van der Waals surface area contributed by atoms with Crippen molar-refractivity contribution >= 4 is 11.9 Å². The molecule has 6 heteroatoms. The summed E-state index contributed by atoms with van der Waals surface area (Å²) in [5.74, 6) is -0.949. The monoisotopic (exact) mass is 291 g/mol. The summed E-state index contributed by atoms with van der Waals surface area (Å²) in [7, 11) is 0. The van der Waals surface area contributed by atoms with Crippen LogP contribution in [0.4, 0.5) is 0 Å². The van der Waals surface area contributed by atoms with Crippen LogP contribution in [0.5, 0.6) is 5.75 Å². The number of carbonyl (C=O) groups excluding carboxylic acids is 1. The average molecular weight is 291 g/mol. The number of β-amino-alcohol motifs (C(OH)–C–C–N with tert-alkyl or cyclic N) is 1. The standard InChI is InChI=1S/C15H17NO5/c17-11-6-12(15(19)20)16(7-11)14(18)10-5-9-3-1-2-4-13(9)21-8-10/h1-4,10-12,17H,5-8H2,(H,19,20)/t10?,11?,12-/m0/s1. The van der Waals surface area contributed by atoms with E-state index in [-0.39, 0.29) is 25.5 Å². The molecule has 2 aliphatic rings. The number of ether oxygens (including phenoxy) is 1. The maximum atomic E-state index is 12.5. The van der Waals surface area contributed by atoms with E-state index in [1.165, 1.54) is 4.90 Å². The summed E-state index contributed by atoms with van der Waals surface area (Å²) in [6.07, 6.45) is -0.147. The zero-order chi connectivity index (χ0) is 15.0. The largest absolute Gasteiger partial charge is 0.492 e. The first-order chi connectivity index (χ1) is 10.1. The van der Waals surface area contributed by atoms with E-state index >= 15 is 0 Å². The molecule has 0 aromatic heterocycles. The van der Waals surface area contributed by atoms with Gasteiger partial charge in [0.15, 0.2) is 0 Å². The molecule has 1 aromatic carbocycles. The summed E-state index contributed by atoms with van der Waals surface area (Å²) < 4.78 is 5.58. The van der Waals surface area contributed by atoms with Gasteiger partial charge in [-0.05, 0) is 18.1 Å². The number of aliphatic carboxylic acids is 1. The molecule has 2 N–H and O–H groups in total. The summed E-state index contributed by atoms with van der Waals surface area (Å²) in [6, 6.07) is 6.58. The Morgan fingerprint density at radius 2 is 2.05 bits per heavy atom. The van der Waals surface area contributed by atoms with Gasteiger partial charge in [0.1, 0.15) is 18.4 Å². The van der Waals surface area contributed by atoms with E-state index in [2.05, 4.69) is 0 Å². The van der Waals surface area contributed by atoms with Crippen molar-refractivity contribution in [1.29, 1.82) is 0 Å². The molecule has 2 aliphatic heterocycles. The summed E-state index contributed by atoms with van der Waals surface area (Å²) in [6.45, 7) is 0.322. The fourth-order valence-corrected chi connectivity index (χ4v) is 3.01. The highest BCUT2D eigenvalue weighted by Crippen LogP contribution is 2.29. The second-order valence-electron chi connectivity index (χ2n) is 5.55. The lowest BCUT2D eigenvalue weighted by atomic mass is 9.95. The predicted octanol–water partition coefficient (Wildman–Crippen LogP) is 0.284. The van der Waals surface area contributed by atoms with Crippen molar-refractivity contribution in [1.82, 2.24) is 4.90 Å². The number of rotatable bonds is 2. The van der Waals surface area contributed by atoms with E-state index in [0.717, 1.165) is 11.3 Å². The van der Waals surface area contributed by atoms with Gasteiger partial charge in [-0.15, -0.1) is 0 Å². The molecule has 0 aliphatic carbocycles. The van der Waals surface area contributed by atoms with Crippen LogP contribution >= 0.6 is 0 Å². The number of hydrogen-bond donors (Lipinski definition) is 2. The molecule has 6 nitrogen and oxygen atoms in total. The molecule has 0 saturated carbocycles. The first-order valence-corrected chi connectivity index (χ1v) is 6.98. The third-order valence-corrected chi connectivity index (χ3v) is 4.08. The fraction of sp³-hybridized carbons (Fsp3) is 0.467. The van der Waals surface area contributed by atoms with Crippen LogP contribution in [0, 0.1) is 5.92 Å². The maximum absolute atomic E-state index is 12.5. The number of fused-ring (bicyclic) bond motifs is 1. The van der Waals surface area contributed by atoms with Crippen molar-refractivity contribution in [3.05, 3.63) is 29.8 Å². The zero-order valence-corrected chi connectivity index (χ0v) is 11.4. The number of carboxylic acids is 1. The second-order valence-corrected chi connectivity index (χ2v) is 5.55. The summed E-state index contributed by atoms with van der Waals surface area (Å²) in [5, 5.41) is 18.8. The zero-order valence-electron chi connectivity index (χ0n) is 11.4. The van der Waals surface area contributed by atoms with E-state index < -0.39 is 24.0 Å². The Bertz CT molecular complexity index is 573. The van der Waals surface area contributed by atoms with E-state index in [9.17, 15) is 19.8 Å². The average Bonchev–Trinajstić information content (AvgIpc) is 2.88. The number of amides is 1. The van der Waals surface area contributed by atoms with Gasteiger partial charge in [-0.25, -0.2) is 4.79 Å². The third-order valence-electron chi connectivity index (χ3n) is 4.08. The van der Waals surface area contributed by atoms with Crippen molar-refractivity contribution in [2.75, 3.05) is 13.2 Å². The van der Waals surface area contributed by atoms with Crippen LogP contribution in [-0.4, -0.2) is 52.3 Å². The lowest BCUT2D eigenvalue weighted by Crippen LogP contribution is -2.46. The maximum Gasteiger partial charge on any atom is 0.326 e. The van der Waals surface area contributed by atoms with Crippen LogP contribution in [0.25, 0.3) is 0 Å². The van der Waals surface area contributed by atoms with E-state index in [1.807, 2.05) is 24.3 Å². The highest BCUT2D eigenvalue weighted by atomic mass is 16.5. The van der Waals surface area contributed by atoms with Crippen LogP contribution in [0.3, 0.4) is 0 Å². The molecule has 1 amide bonds. The smallest absolute Gasteiger partial charge is 0.326 e. The number of carbonyl (C=O) groups is 2. The Labute approximate surface area is 121 Å². The van der Waals surface area contributed by atoms with Crippen LogP contribution in [0.15, 0.2) is 24.3 Å². The summed E-state index contributed by atoms with van der Waals surface area (Å²) >= 11 is 0. The van der Waals surface area contributed by atoms with E-state index in [1.54, 1.807) is 0 Å². The van der Waals surface area contributed by atoms with Gasteiger partial charge in [-0.3, -0.25) is 4.79 Å². The number of aliphatic hydroxyl groups is 1. The Morgan fingerprint density at radius 1 is 1.29 bits per heavy atom. The highest BCUT2D eigenvalue weighted by Gasteiger charge is 2.42. The van der Waals surface area contributed by atoms with Gasteiger partial charge in [-0.2, -0.15) is 0 Å². The Kier molecular flexibility index (Phi) is 3.55. The number of benzene rings is 1. The predicted molar refractivity (Wildman–Crippen MR) is 72.9 cm³/mol. The van der Waals surface area contributed by atoms with Crippen LogP contribution in [0.1, 0.15) is 12.0 Å². The normalized spacial score (nSPS) is 27.9. The van der Waals surface area contributed by atoms with E-state index in [0.29, 0.717) is 6.42 Å². The number of hydrogen-bond acceptors (Lipinski definition) is 4. The van der Waals surface area contributed by atoms with Gasteiger partial charge < -0.3 is 19.8 Å². The molecule has 3 rings (SSSR count). The van der Waals surface area contributed by atoms with Crippen molar-refractivity contribution in [3.8, 4) is 5.75 Å². The molecule has 2 heterocycles. The Hall–Kier alpha value is -2.08. The quantitative estimate of drug-likeness (QED) is 0.817. The molecule has 21 heavy (non-hydrogen) atoms. The lowest BCUT2D eigenvalue weighted by molar-refractivity contribution is -0.150. The van der Waals surface area contributed by atoms with Crippen LogP contribution in [-0.2, 0) is 16.0 Å². The van der Waals surface area contributed by atoms with Gasteiger partial charge in [0, 0.05) is 13.0 Å². The number of likely N-dealkylation sites (tertiary alicyclic amines) is 1. The van der Waals surface area contributed by atoms with Crippen LogP contribution in [0.2, 0.25) is 0 Å². The number of aliphatic hydroxyl groups excluding tert-OH is 1. The van der Waals surface area contributed by atoms with Gasteiger partial charge in [0.25, 0.3) is 0 Å². The molecule has 0 spiro atoms. The highest BCUT2D eigenvalue weighted by molar-refractivity contribution is 5.86. The Morgan fingerprint density at radius 3 is 2.81 bits per heavy atom. The van der Waals surface area contributed by atoms with Crippen LogP contribution < -0.4 is 4.74 Å². The number of nitrogens with zero attached hydrogens (tertiary/aromatic N) is 1. The molecule has 3 atom stereocenters. The van der Waals surface area contributed by atoms with Crippen molar-refractivity contribution < 1.29 is 24.5 Å². The first-order valence-electron chi connectivity index (χ1n) is 6.98. The fourth-order valence-electron chi connectivity index (χ4n) is 3.01. The molecule has 1 saturated heterocycles. The van der Waals surface area contributed by atoms with Gasteiger partial charge in [0.05, 0.1) is 12.0 Å². The van der Waals surface area contributed by atoms with Gasteiger partial charge >= 0.3 is 5.97 Å². The summed E-state index contributed by atoms with van der Waals surface area (Å²) in [4.78, 5) is 25.0. The molecule has 112 valence electrons. The molecule has 2 unspecified atom stereocenters. The molecule has 1 aromatic rings. The van der Waals surface area contributed by atoms with E-state index in [4.69, 9.17) is 4.74 Å². The minimum atomic E-state index is -1.07. The molecule has 1 fully saturated rings. The number of carboxylic acid groups (broad SMARTS) is 1. The first kappa shape index (κ1) is 13.9. The summed E-state index contributed by atoms with van der Waals surface area (Å²) in [5.41, 5.74) is 0.953. The SMILES string of the molecule is O=C(O)[C@@H]1CC(O)CN1C(=O)C1COc2ccccc2C1. The molecular formula is C15H17NO5. The van der Waals surface area contributed by atoms with Crippen molar-refractivity contribution in [2.24, 2.45) is 5.92 Å². The van der Waals surface area contributed by atoms with Gasteiger partial charge in [-0.1, -0.05) is 18.2 Å². The Balaban J connectivity index is 1.76.